The second-order valence-corrected chi connectivity index (χ2v) is 3.67. The molecule has 0 aliphatic heterocycles. The van der Waals surface area contributed by atoms with Crippen LogP contribution in [0, 0.1) is 13.8 Å². The first-order chi connectivity index (χ1) is 7.15. The van der Waals surface area contributed by atoms with Crippen molar-refractivity contribution in [2.24, 2.45) is 0 Å². The highest BCUT2D eigenvalue weighted by Gasteiger charge is 2.02. The highest BCUT2D eigenvalue weighted by Crippen LogP contribution is 2.08. The maximum Gasteiger partial charge on any atom is 0.123 e. The van der Waals surface area contributed by atoms with Crippen LogP contribution in [-0.4, -0.2) is 14.8 Å². The van der Waals surface area contributed by atoms with E-state index < -0.39 is 0 Å². The van der Waals surface area contributed by atoms with Crippen LogP contribution in [0.2, 0.25) is 0 Å². The van der Waals surface area contributed by atoms with Crippen LogP contribution in [0.3, 0.4) is 0 Å². The molecule has 4 nitrogen and oxygen atoms in total. The summed E-state index contributed by atoms with van der Waals surface area (Å²) in [7, 11) is 0. The van der Waals surface area contributed by atoms with Gasteiger partial charge in [-0.2, -0.15) is 5.10 Å². The van der Waals surface area contributed by atoms with Crippen molar-refractivity contribution < 1.29 is 0 Å². The van der Waals surface area contributed by atoms with Gasteiger partial charge in [0, 0.05) is 11.9 Å². The third-order valence-corrected chi connectivity index (χ3v) is 2.28. The lowest BCUT2D eigenvalue weighted by Gasteiger charge is -2.04. The van der Waals surface area contributed by atoms with Gasteiger partial charge in [-0.05, 0) is 37.6 Å². The zero-order chi connectivity index (χ0) is 10.8. The summed E-state index contributed by atoms with van der Waals surface area (Å²) in [6.45, 7) is 4.78. The SMILES string of the molecule is Cc1cc(C)n(Cc2ccnc(N)c2)n1. The number of hydrogen-bond acceptors (Lipinski definition) is 3. The van der Waals surface area contributed by atoms with Gasteiger partial charge in [0.05, 0.1) is 12.2 Å². The fraction of sp³-hybridized carbons (Fsp3) is 0.273. The van der Waals surface area contributed by atoms with Crippen LogP contribution >= 0.6 is 0 Å². The number of nitrogens with two attached hydrogens (primary N) is 1. The van der Waals surface area contributed by atoms with Gasteiger partial charge in [-0.3, -0.25) is 4.68 Å². The standard InChI is InChI=1S/C11H14N4/c1-8-5-9(2)15(14-8)7-10-3-4-13-11(12)6-10/h3-6H,7H2,1-2H3,(H2,12,13). The minimum atomic E-state index is 0.550. The molecule has 0 radical (unpaired) electrons. The van der Waals surface area contributed by atoms with E-state index in [0.29, 0.717) is 5.82 Å². The van der Waals surface area contributed by atoms with Crippen molar-refractivity contribution in [3.8, 4) is 0 Å². The Morgan fingerprint density at radius 2 is 2.13 bits per heavy atom. The second kappa shape index (κ2) is 3.73. The Morgan fingerprint density at radius 3 is 2.73 bits per heavy atom. The number of hydrogen-bond donors (Lipinski definition) is 1. The Bertz CT molecular complexity index is 473. The molecule has 0 unspecified atom stereocenters. The van der Waals surface area contributed by atoms with Gasteiger partial charge in [-0.25, -0.2) is 4.98 Å². The van der Waals surface area contributed by atoms with E-state index in [1.54, 1.807) is 6.20 Å². The molecule has 0 fully saturated rings. The molecule has 0 atom stereocenters. The molecule has 0 aliphatic rings. The number of nitrogens with zero attached hydrogens (tertiary/aromatic N) is 3. The van der Waals surface area contributed by atoms with Crippen LogP contribution in [0.5, 0.6) is 0 Å². The largest absolute Gasteiger partial charge is 0.384 e. The molecule has 78 valence electrons. The number of aromatic nitrogens is 3. The van der Waals surface area contributed by atoms with Crippen LogP contribution in [0.4, 0.5) is 5.82 Å². The molecule has 2 aromatic rings. The predicted molar refractivity (Wildman–Crippen MR) is 59.5 cm³/mol. The molecule has 2 aromatic heterocycles. The third-order valence-electron chi connectivity index (χ3n) is 2.28. The predicted octanol–water partition coefficient (Wildman–Crippen LogP) is 1.53. The van der Waals surface area contributed by atoms with E-state index in [9.17, 15) is 0 Å². The topological polar surface area (TPSA) is 56.7 Å². The Balaban J connectivity index is 2.25. The Hall–Kier alpha value is -1.84. The highest BCUT2D eigenvalue weighted by molar-refractivity contribution is 5.32. The van der Waals surface area contributed by atoms with E-state index >= 15 is 0 Å². The van der Waals surface area contributed by atoms with Crippen LogP contribution in [0.15, 0.2) is 24.4 Å². The van der Waals surface area contributed by atoms with Crippen LogP contribution in [0.25, 0.3) is 0 Å². The molecule has 0 aromatic carbocycles. The molecule has 4 heteroatoms. The van der Waals surface area contributed by atoms with Crippen LogP contribution in [-0.2, 0) is 6.54 Å². The summed E-state index contributed by atoms with van der Waals surface area (Å²) in [6, 6.07) is 5.88. The third kappa shape index (κ3) is 2.15. The number of pyridine rings is 1. The zero-order valence-electron chi connectivity index (χ0n) is 8.94. The zero-order valence-corrected chi connectivity index (χ0v) is 8.94. The quantitative estimate of drug-likeness (QED) is 0.803. The molecule has 0 saturated carbocycles. The van der Waals surface area contributed by atoms with Crippen molar-refractivity contribution in [2.75, 3.05) is 5.73 Å². The number of rotatable bonds is 2. The van der Waals surface area contributed by atoms with E-state index in [1.807, 2.05) is 30.7 Å². The average molecular weight is 202 g/mol. The van der Waals surface area contributed by atoms with E-state index in [-0.39, 0.29) is 0 Å². The monoisotopic (exact) mass is 202 g/mol. The summed E-state index contributed by atoms with van der Waals surface area (Å²) in [6.07, 6.45) is 1.72. The summed E-state index contributed by atoms with van der Waals surface area (Å²) in [5.74, 6) is 0.550. The molecule has 0 amide bonds. The highest BCUT2D eigenvalue weighted by atomic mass is 15.3. The summed E-state index contributed by atoms with van der Waals surface area (Å²) in [5, 5.41) is 4.39. The van der Waals surface area contributed by atoms with Gasteiger partial charge < -0.3 is 5.73 Å². The van der Waals surface area contributed by atoms with Crippen molar-refractivity contribution in [3.63, 3.8) is 0 Å². The molecular weight excluding hydrogens is 188 g/mol. The summed E-state index contributed by atoms with van der Waals surface area (Å²) in [4.78, 5) is 3.96. The van der Waals surface area contributed by atoms with Gasteiger partial charge in [0.2, 0.25) is 0 Å². The lowest BCUT2D eigenvalue weighted by atomic mass is 10.2. The van der Waals surface area contributed by atoms with Gasteiger partial charge in [-0.1, -0.05) is 0 Å². The van der Waals surface area contributed by atoms with Gasteiger partial charge >= 0.3 is 0 Å². The van der Waals surface area contributed by atoms with Crippen molar-refractivity contribution in [3.05, 3.63) is 41.3 Å². The Labute approximate surface area is 88.8 Å². The smallest absolute Gasteiger partial charge is 0.123 e. The van der Waals surface area contributed by atoms with E-state index in [4.69, 9.17) is 5.73 Å². The molecular formula is C11H14N4. The first-order valence-electron chi connectivity index (χ1n) is 4.86. The average Bonchev–Trinajstić information content (AvgIpc) is 2.45. The number of aryl methyl sites for hydroxylation is 2. The van der Waals surface area contributed by atoms with E-state index in [2.05, 4.69) is 16.1 Å². The van der Waals surface area contributed by atoms with Crippen LogP contribution < -0.4 is 5.73 Å². The van der Waals surface area contributed by atoms with Gasteiger partial charge in [0.25, 0.3) is 0 Å². The molecule has 2 rings (SSSR count). The van der Waals surface area contributed by atoms with Gasteiger partial charge in [-0.15, -0.1) is 0 Å². The molecule has 2 N–H and O–H groups in total. The summed E-state index contributed by atoms with van der Waals surface area (Å²) < 4.78 is 1.96. The van der Waals surface area contributed by atoms with Gasteiger partial charge in [0.15, 0.2) is 0 Å². The Kier molecular flexibility index (Phi) is 2.41. The molecule has 0 aliphatic carbocycles. The maximum absolute atomic E-state index is 5.61. The fourth-order valence-electron chi connectivity index (χ4n) is 1.60. The van der Waals surface area contributed by atoms with Crippen molar-refractivity contribution >= 4 is 5.82 Å². The number of anilines is 1. The number of nitrogen functional groups attached to an aromatic ring is 1. The van der Waals surface area contributed by atoms with E-state index in [0.717, 1.165) is 23.5 Å². The minimum absolute atomic E-state index is 0.550. The molecule has 0 bridgehead atoms. The molecule has 0 saturated heterocycles. The maximum atomic E-state index is 5.61. The van der Waals surface area contributed by atoms with Crippen molar-refractivity contribution in [2.45, 2.75) is 20.4 Å². The lowest BCUT2D eigenvalue weighted by molar-refractivity contribution is 0.658. The second-order valence-electron chi connectivity index (χ2n) is 3.67. The summed E-state index contributed by atoms with van der Waals surface area (Å²) in [5.41, 5.74) is 8.93. The van der Waals surface area contributed by atoms with E-state index in [1.165, 1.54) is 0 Å². The first kappa shape index (κ1) is 9.71. The Morgan fingerprint density at radius 1 is 1.33 bits per heavy atom. The van der Waals surface area contributed by atoms with Crippen LogP contribution in [0.1, 0.15) is 17.0 Å². The van der Waals surface area contributed by atoms with Gasteiger partial charge in [0.1, 0.15) is 5.82 Å². The van der Waals surface area contributed by atoms with Crippen molar-refractivity contribution in [1.82, 2.24) is 14.8 Å². The molecule has 2 heterocycles. The minimum Gasteiger partial charge on any atom is -0.384 e. The normalized spacial score (nSPS) is 10.5. The molecule has 0 spiro atoms. The lowest BCUT2D eigenvalue weighted by Crippen LogP contribution is -2.04. The summed E-state index contributed by atoms with van der Waals surface area (Å²) >= 11 is 0. The van der Waals surface area contributed by atoms with Crippen molar-refractivity contribution in [1.29, 1.82) is 0 Å². The molecule has 15 heavy (non-hydrogen) atoms. The fourth-order valence-corrected chi connectivity index (χ4v) is 1.60. The first-order valence-corrected chi connectivity index (χ1v) is 4.86.